The third-order valence-electron chi connectivity index (χ3n) is 3.33. The molecule has 0 saturated heterocycles. The number of fused-ring (bicyclic) bond motifs is 1. The maximum atomic E-state index is 5.52. The summed E-state index contributed by atoms with van der Waals surface area (Å²) in [4.78, 5) is 0. The Morgan fingerprint density at radius 1 is 1.17 bits per heavy atom. The molecule has 4 heteroatoms. The number of furan rings is 1. The Labute approximate surface area is 123 Å². The summed E-state index contributed by atoms with van der Waals surface area (Å²) in [6, 6.07) is 8.53. The van der Waals surface area contributed by atoms with Gasteiger partial charge in [0, 0.05) is 20.9 Å². The molecule has 1 aliphatic rings. The fraction of sp³-hybridized carbons (Fsp3) is 0.286. The highest BCUT2D eigenvalue weighted by atomic mass is 79.9. The number of rotatable bonds is 2. The van der Waals surface area contributed by atoms with Gasteiger partial charge in [-0.05, 0) is 62.9 Å². The Hall–Kier alpha value is -0.740. The first-order chi connectivity index (χ1) is 8.75. The first-order valence-corrected chi connectivity index (χ1v) is 7.61. The van der Waals surface area contributed by atoms with Crippen molar-refractivity contribution in [3.05, 3.63) is 50.8 Å². The summed E-state index contributed by atoms with van der Waals surface area (Å²) in [6.07, 6.45) is 5.15. The van der Waals surface area contributed by atoms with Crippen LogP contribution >= 0.6 is 31.9 Å². The number of hydrogen-bond acceptors (Lipinski definition) is 2. The van der Waals surface area contributed by atoms with Crippen LogP contribution in [0.2, 0.25) is 0 Å². The molecule has 1 atom stereocenters. The average Bonchev–Trinajstić information content (AvgIpc) is 2.83. The summed E-state index contributed by atoms with van der Waals surface area (Å²) < 4.78 is 7.67. The first-order valence-electron chi connectivity index (χ1n) is 6.02. The molecule has 0 amide bonds. The summed E-state index contributed by atoms with van der Waals surface area (Å²) >= 11 is 7.18. The van der Waals surface area contributed by atoms with E-state index in [0.717, 1.165) is 33.2 Å². The van der Waals surface area contributed by atoms with Gasteiger partial charge in [0.15, 0.2) is 0 Å². The highest BCUT2D eigenvalue weighted by molar-refractivity contribution is 9.11. The lowest BCUT2D eigenvalue weighted by molar-refractivity contribution is 0.461. The molecule has 1 aromatic carbocycles. The van der Waals surface area contributed by atoms with Gasteiger partial charge in [0.1, 0.15) is 5.76 Å². The molecule has 18 heavy (non-hydrogen) atoms. The van der Waals surface area contributed by atoms with E-state index in [-0.39, 0.29) is 0 Å². The summed E-state index contributed by atoms with van der Waals surface area (Å²) in [5.41, 5.74) is 2.40. The van der Waals surface area contributed by atoms with E-state index in [1.165, 1.54) is 12.0 Å². The topological polar surface area (TPSA) is 25.2 Å². The fourth-order valence-electron chi connectivity index (χ4n) is 2.45. The smallest absolute Gasteiger partial charge is 0.109 e. The van der Waals surface area contributed by atoms with Gasteiger partial charge in [0.05, 0.1) is 18.0 Å². The van der Waals surface area contributed by atoms with Crippen molar-refractivity contribution in [2.24, 2.45) is 0 Å². The van der Waals surface area contributed by atoms with Gasteiger partial charge in [-0.25, -0.2) is 0 Å². The van der Waals surface area contributed by atoms with Crippen molar-refractivity contribution >= 4 is 37.5 Å². The second kappa shape index (κ2) is 5.10. The normalized spacial score (nSPS) is 18.4. The van der Waals surface area contributed by atoms with Crippen LogP contribution in [0.25, 0.3) is 0 Å². The van der Waals surface area contributed by atoms with Gasteiger partial charge in [-0.2, -0.15) is 0 Å². The number of aryl methyl sites for hydroxylation is 1. The van der Waals surface area contributed by atoms with Gasteiger partial charge in [-0.15, -0.1) is 0 Å². The van der Waals surface area contributed by atoms with Crippen LogP contribution in [0.4, 0.5) is 5.69 Å². The molecule has 1 unspecified atom stereocenters. The highest BCUT2D eigenvalue weighted by Crippen LogP contribution is 2.38. The minimum absolute atomic E-state index is 0.336. The Balaban J connectivity index is 1.91. The molecule has 1 aliphatic carbocycles. The van der Waals surface area contributed by atoms with Crippen molar-refractivity contribution < 1.29 is 4.42 Å². The number of hydrogen-bond donors (Lipinski definition) is 1. The minimum Gasteiger partial charge on any atom is -0.469 e. The Morgan fingerprint density at radius 2 is 1.94 bits per heavy atom. The van der Waals surface area contributed by atoms with E-state index in [1.54, 1.807) is 6.26 Å². The summed E-state index contributed by atoms with van der Waals surface area (Å²) in [5, 5.41) is 3.61. The lowest BCUT2D eigenvalue weighted by Crippen LogP contribution is -2.16. The average molecular weight is 371 g/mol. The van der Waals surface area contributed by atoms with Gasteiger partial charge in [0.2, 0.25) is 0 Å². The van der Waals surface area contributed by atoms with Crippen LogP contribution in [0.1, 0.15) is 30.2 Å². The van der Waals surface area contributed by atoms with Gasteiger partial charge < -0.3 is 9.73 Å². The lowest BCUT2D eigenvalue weighted by atomic mass is 9.93. The molecular formula is C14H13Br2NO. The maximum absolute atomic E-state index is 5.52. The van der Waals surface area contributed by atoms with Crippen molar-refractivity contribution in [2.75, 3.05) is 5.32 Å². The third kappa shape index (κ3) is 2.24. The Kier molecular flexibility index (Phi) is 3.48. The fourth-order valence-corrected chi connectivity index (χ4v) is 3.67. The molecular weight excluding hydrogens is 358 g/mol. The lowest BCUT2D eigenvalue weighted by Gasteiger charge is -2.25. The molecule has 1 heterocycles. The molecule has 0 bridgehead atoms. The van der Waals surface area contributed by atoms with Crippen molar-refractivity contribution in [2.45, 2.75) is 25.3 Å². The quantitative estimate of drug-likeness (QED) is 0.776. The maximum Gasteiger partial charge on any atom is 0.109 e. The zero-order valence-corrected chi connectivity index (χ0v) is 12.9. The predicted molar refractivity (Wildman–Crippen MR) is 79.9 cm³/mol. The Morgan fingerprint density at radius 3 is 2.72 bits per heavy atom. The second-order valence-electron chi connectivity index (χ2n) is 4.48. The monoisotopic (exact) mass is 369 g/mol. The van der Waals surface area contributed by atoms with Crippen LogP contribution in [0.15, 0.2) is 43.9 Å². The number of halogens is 2. The van der Waals surface area contributed by atoms with Crippen molar-refractivity contribution in [3.63, 3.8) is 0 Å². The molecule has 3 rings (SSSR count). The predicted octanol–water partition coefficient (Wildman–Crippen LogP) is 5.29. The molecule has 0 aliphatic heterocycles. The van der Waals surface area contributed by atoms with Crippen LogP contribution < -0.4 is 5.32 Å². The zero-order chi connectivity index (χ0) is 12.5. The first kappa shape index (κ1) is 12.3. The van der Waals surface area contributed by atoms with Gasteiger partial charge in [-0.3, -0.25) is 0 Å². The van der Waals surface area contributed by atoms with E-state index >= 15 is 0 Å². The molecule has 2 nitrogen and oxygen atoms in total. The summed E-state index contributed by atoms with van der Waals surface area (Å²) in [7, 11) is 0. The van der Waals surface area contributed by atoms with Crippen LogP contribution in [-0.4, -0.2) is 0 Å². The third-order valence-corrected chi connectivity index (χ3v) is 4.65. The second-order valence-corrected chi connectivity index (χ2v) is 6.19. The van der Waals surface area contributed by atoms with Crippen LogP contribution in [0.3, 0.4) is 0 Å². The number of benzene rings is 1. The van der Waals surface area contributed by atoms with E-state index < -0.39 is 0 Å². The van der Waals surface area contributed by atoms with Crippen LogP contribution in [0.5, 0.6) is 0 Å². The highest BCUT2D eigenvalue weighted by Gasteiger charge is 2.23. The van der Waals surface area contributed by atoms with Gasteiger partial charge in [-0.1, -0.05) is 6.07 Å². The van der Waals surface area contributed by atoms with Gasteiger partial charge in [0.25, 0.3) is 0 Å². The van der Waals surface area contributed by atoms with E-state index in [2.05, 4.69) is 43.2 Å². The molecule has 0 spiro atoms. The number of anilines is 1. The molecule has 0 fully saturated rings. The Bertz CT molecular complexity index is 544. The van der Waals surface area contributed by atoms with E-state index in [9.17, 15) is 0 Å². The minimum atomic E-state index is 0.336. The molecule has 1 aromatic heterocycles. The summed E-state index contributed by atoms with van der Waals surface area (Å²) in [6.45, 7) is 0. The van der Waals surface area contributed by atoms with E-state index in [0.29, 0.717) is 6.04 Å². The molecule has 0 radical (unpaired) electrons. The van der Waals surface area contributed by atoms with E-state index in [4.69, 9.17) is 4.42 Å². The van der Waals surface area contributed by atoms with Crippen LogP contribution in [-0.2, 0) is 6.42 Å². The number of nitrogens with one attached hydrogen (secondary N) is 1. The van der Waals surface area contributed by atoms with E-state index in [1.807, 2.05) is 18.2 Å². The standard InChI is InChI=1S/C14H13Br2NO/c15-10-3-1-4-11(16)14(10)17-12-5-2-6-13-9(12)7-8-18-13/h1,3-4,7-8,12,17H,2,5-6H2. The van der Waals surface area contributed by atoms with Gasteiger partial charge >= 0.3 is 0 Å². The zero-order valence-electron chi connectivity index (χ0n) is 9.75. The summed E-state index contributed by atoms with van der Waals surface area (Å²) in [5.74, 6) is 1.13. The largest absolute Gasteiger partial charge is 0.469 e. The van der Waals surface area contributed by atoms with Crippen molar-refractivity contribution in [3.8, 4) is 0 Å². The van der Waals surface area contributed by atoms with Crippen molar-refractivity contribution in [1.82, 2.24) is 0 Å². The van der Waals surface area contributed by atoms with Crippen LogP contribution in [0, 0.1) is 0 Å². The SMILES string of the molecule is Brc1cccc(Br)c1NC1CCCc2occc21. The molecule has 2 aromatic rings. The number of para-hydroxylation sites is 1. The van der Waals surface area contributed by atoms with Crippen molar-refractivity contribution in [1.29, 1.82) is 0 Å². The molecule has 0 saturated carbocycles. The molecule has 1 N–H and O–H groups in total. The molecule has 94 valence electrons.